The molecule has 0 radical (unpaired) electrons. The van der Waals surface area contributed by atoms with Crippen molar-refractivity contribution < 1.29 is 64.2 Å². The third kappa shape index (κ3) is 11.7. The van der Waals surface area contributed by atoms with Gasteiger partial charge in [-0.05, 0) is 6.42 Å². The molecule has 19 atom stereocenters. The molecule has 31 N–H and O–H groups in total. The van der Waals surface area contributed by atoms with Crippen molar-refractivity contribution in [2.45, 2.75) is 123 Å². The molecule has 0 aromatic carbocycles. The number of ether oxygens (including phenoxy) is 6. The fourth-order valence-electron chi connectivity index (χ4n) is 7.08. The SMILES string of the molecule is NC(N)=NC[C@@H]1O[C@H](O[C@@H]2[C@H](O[C@@H]3O[C@H](CO)[C@@H](O[C@H]4O[C@@H](CN=C(N)N)[C@H](O)[C@@H](O)[C@@H]4N=C(N)N)[C@@H]3O)[C@@H](O)[C@H](N=C(N)N)C[C@@H]2N=C(N)N)[C@@H](N=C(N)N)[C@H](O)[C@H]1O. The van der Waals surface area contributed by atoms with Crippen molar-refractivity contribution in [1.82, 2.24) is 0 Å². The molecular formula is C29H58N18O13. The Morgan fingerprint density at radius 2 is 0.833 bits per heavy atom. The van der Waals surface area contributed by atoms with Gasteiger partial charge < -0.3 is 133 Å². The highest BCUT2D eigenvalue weighted by Gasteiger charge is 2.56. The Hall–Kier alpha value is -4.90. The van der Waals surface area contributed by atoms with Crippen LogP contribution in [0.5, 0.6) is 0 Å². The fourth-order valence-corrected chi connectivity index (χ4v) is 7.08. The largest absolute Gasteiger partial charge is 0.394 e. The van der Waals surface area contributed by atoms with Gasteiger partial charge in [0.1, 0.15) is 85.3 Å². The van der Waals surface area contributed by atoms with Gasteiger partial charge in [0.15, 0.2) is 54.6 Å². The normalized spacial score (nSPS) is 40.4. The van der Waals surface area contributed by atoms with Crippen LogP contribution in [-0.4, -0.2) is 207 Å². The third-order valence-electron chi connectivity index (χ3n) is 9.73. The number of aliphatic imine (C=N–C) groups is 6. The van der Waals surface area contributed by atoms with E-state index in [1.54, 1.807) is 0 Å². The van der Waals surface area contributed by atoms with Crippen molar-refractivity contribution in [1.29, 1.82) is 0 Å². The lowest BCUT2D eigenvalue weighted by molar-refractivity contribution is -0.306. The minimum absolute atomic E-state index is 0.219. The van der Waals surface area contributed by atoms with E-state index < -0.39 is 147 Å². The van der Waals surface area contributed by atoms with Crippen LogP contribution in [0.1, 0.15) is 6.42 Å². The second-order valence-corrected chi connectivity index (χ2v) is 14.2. The lowest BCUT2D eigenvalue weighted by atomic mass is 9.83. The van der Waals surface area contributed by atoms with Crippen LogP contribution in [0.2, 0.25) is 0 Å². The number of aliphatic hydroxyl groups is 7. The van der Waals surface area contributed by atoms with Gasteiger partial charge in [0.05, 0.1) is 31.8 Å². The van der Waals surface area contributed by atoms with Gasteiger partial charge in [0, 0.05) is 0 Å². The zero-order valence-electron chi connectivity index (χ0n) is 32.0. The Morgan fingerprint density at radius 3 is 1.25 bits per heavy atom. The molecule has 342 valence electrons. The molecule has 4 rings (SSSR count). The van der Waals surface area contributed by atoms with Crippen molar-refractivity contribution in [3.8, 4) is 0 Å². The topological polar surface area (TPSA) is 583 Å². The summed E-state index contributed by atoms with van der Waals surface area (Å²) in [6, 6.07) is -5.48. The molecule has 1 aliphatic carbocycles. The molecule has 60 heavy (non-hydrogen) atoms. The molecule has 31 nitrogen and oxygen atoms in total. The first-order chi connectivity index (χ1) is 28.1. The predicted molar refractivity (Wildman–Crippen MR) is 208 cm³/mol. The number of hydrogen-bond acceptors (Lipinski definition) is 19. The highest BCUT2D eigenvalue weighted by Crippen LogP contribution is 2.37. The van der Waals surface area contributed by atoms with Gasteiger partial charge in [-0.25, -0.2) is 20.0 Å². The molecule has 0 bridgehead atoms. The van der Waals surface area contributed by atoms with Crippen LogP contribution in [0.15, 0.2) is 30.0 Å². The summed E-state index contributed by atoms with van der Waals surface area (Å²) in [5.74, 6) is -2.74. The maximum atomic E-state index is 11.8. The van der Waals surface area contributed by atoms with Crippen LogP contribution in [-0.2, 0) is 28.4 Å². The first-order valence-corrected chi connectivity index (χ1v) is 18.2. The summed E-state index contributed by atoms with van der Waals surface area (Å²) in [6.45, 7) is -1.56. The van der Waals surface area contributed by atoms with Gasteiger partial charge in [0.25, 0.3) is 0 Å². The summed E-state index contributed by atoms with van der Waals surface area (Å²) in [5.41, 5.74) is 67.1. The third-order valence-corrected chi connectivity index (χ3v) is 9.73. The number of rotatable bonds is 15. The maximum absolute atomic E-state index is 11.8. The van der Waals surface area contributed by atoms with Gasteiger partial charge in [0.2, 0.25) is 0 Å². The quantitative estimate of drug-likeness (QED) is 0.0537. The minimum Gasteiger partial charge on any atom is -0.394 e. The molecule has 4 fully saturated rings. The van der Waals surface area contributed by atoms with Crippen molar-refractivity contribution in [3.63, 3.8) is 0 Å². The van der Waals surface area contributed by atoms with Crippen LogP contribution in [0.3, 0.4) is 0 Å². The van der Waals surface area contributed by atoms with Crippen LogP contribution in [0, 0.1) is 0 Å². The van der Waals surface area contributed by atoms with E-state index in [0.717, 1.165) is 0 Å². The molecule has 1 saturated carbocycles. The molecule has 3 aliphatic heterocycles. The molecule has 0 aromatic heterocycles. The number of guanidine groups is 6. The molecule has 31 heteroatoms. The number of hydrogen-bond donors (Lipinski definition) is 19. The number of nitrogens with two attached hydrogens (primary N) is 12. The van der Waals surface area contributed by atoms with E-state index >= 15 is 0 Å². The molecule has 0 spiro atoms. The summed E-state index contributed by atoms with van der Waals surface area (Å²) in [7, 11) is 0. The Balaban J connectivity index is 1.73. The molecular weight excluding hydrogens is 808 g/mol. The average molecular weight is 867 g/mol. The highest BCUT2D eigenvalue weighted by molar-refractivity contribution is 5.77. The van der Waals surface area contributed by atoms with E-state index in [0.29, 0.717) is 0 Å². The van der Waals surface area contributed by atoms with Gasteiger partial charge in [-0.2, -0.15) is 0 Å². The Bertz CT molecular complexity index is 1600. The van der Waals surface area contributed by atoms with Crippen LogP contribution >= 0.6 is 0 Å². The van der Waals surface area contributed by atoms with Gasteiger partial charge in [-0.15, -0.1) is 0 Å². The van der Waals surface area contributed by atoms with Crippen molar-refractivity contribution in [3.05, 3.63) is 0 Å². The van der Waals surface area contributed by atoms with Crippen LogP contribution in [0.25, 0.3) is 0 Å². The molecule has 4 aliphatic rings. The second-order valence-electron chi connectivity index (χ2n) is 14.2. The first kappa shape index (κ1) is 47.8. The minimum atomic E-state index is -1.87. The van der Waals surface area contributed by atoms with E-state index in [1.807, 2.05) is 0 Å². The molecule has 3 saturated heterocycles. The number of nitrogens with zero attached hydrogens (tertiary/aromatic N) is 6. The highest BCUT2D eigenvalue weighted by atomic mass is 16.8. The second kappa shape index (κ2) is 20.6. The molecule has 3 heterocycles. The van der Waals surface area contributed by atoms with Crippen molar-refractivity contribution in [2.24, 2.45) is 98.8 Å². The Labute approximate surface area is 341 Å². The van der Waals surface area contributed by atoms with Gasteiger partial charge in [-0.3, -0.25) is 9.98 Å². The van der Waals surface area contributed by atoms with Gasteiger partial charge >= 0.3 is 0 Å². The number of aliphatic hydroxyl groups excluding tert-OH is 7. The lowest BCUT2D eigenvalue weighted by Gasteiger charge is -2.47. The van der Waals surface area contributed by atoms with E-state index in [1.165, 1.54) is 0 Å². The van der Waals surface area contributed by atoms with Crippen molar-refractivity contribution in [2.75, 3.05) is 19.7 Å². The zero-order valence-corrected chi connectivity index (χ0v) is 32.0. The standard InChI is InChI=1S/C29H58N18O13/c30-24(31)42-2-7-13(50)15(52)10(46-28(38)39)21(55-7)58-18-6(45-27(36)37)1-5(44-26(34)35)12(49)20(18)60-23-17(54)19(9(4-48)57-23)59-22-11(47-29(40)41)16(53)14(51)8(56-22)3-43-25(32)33/h5-23,48-54H,1-4H2,(H4,30,31,42)(H4,32,33,43)(H4,34,35,44)(H4,36,37,45)(H4,38,39,46)(H4,40,41,47)/t5-,6+,7+,8+,9-,10+,11+,12+,13+,14+,15+,16+,17+,18+,19-,20-,21-,22-,23+/m1/s1. The van der Waals surface area contributed by atoms with E-state index in [2.05, 4.69) is 30.0 Å². The Morgan fingerprint density at radius 1 is 0.433 bits per heavy atom. The summed E-state index contributed by atoms with van der Waals surface area (Å²) in [5, 5.41) is 77.6. The molecule has 0 amide bonds. The summed E-state index contributed by atoms with van der Waals surface area (Å²) in [4.78, 5) is 23.8. The van der Waals surface area contributed by atoms with Crippen molar-refractivity contribution >= 4 is 35.8 Å². The van der Waals surface area contributed by atoms with E-state index in [4.69, 9.17) is 97.2 Å². The maximum Gasteiger partial charge on any atom is 0.187 e. The van der Waals surface area contributed by atoms with E-state index in [-0.39, 0.29) is 31.4 Å². The monoisotopic (exact) mass is 866 g/mol. The molecule has 0 aromatic rings. The van der Waals surface area contributed by atoms with Gasteiger partial charge in [-0.1, -0.05) is 0 Å². The van der Waals surface area contributed by atoms with E-state index in [9.17, 15) is 35.7 Å². The zero-order chi connectivity index (χ0) is 44.7. The lowest BCUT2D eigenvalue weighted by Crippen LogP contribution is -2.64. The average Bonchev–Trinajstić information content (AvgIpc) is 3.44. The predicted octanol–water partition coefficient (Wildman–Crippen LogP) is -13.0. The Kier molecular flexibility index (Phi) is 16.4. The summed E-state index contributed by atoms with van der Waals surface area (Å²) < 4.78 is 36.2. The van der Waals surface area contributed by atoms with Crippen LogP contribution in [0.4, 0.5) is 0 Å². The summed E-state index contributed by atoms with van der Waals surface area (Å²) >= 11 is 0. The summed E-state index contributed by atoms with van der Waals surface area (Å²) in [6.07, 6.45) is -24.6. The smallest absolute Gasteiger partial charge is 0.187 e. The first-order valence-electron chi connectivity index (χ1n) is 18.2. The fraction of sp³-hybridized carbons (Fsp3) is 0.793. The van der Waals surface area contributed by atoms with Crippen LogP contribution < -0.4 is 68.8 Å². The molecule has 0 unspecified atom stereocenters.